The highest BCUT2D eigenvalue weighted by Gasteiger charge is 2.19. The van der Waals surface area contributed by atoms with Gasteiger partial charge in [0.2, 0.25) is 0 Å². The molecule has 2 aromatic heterocycles. The summed E-state index contributed by atoms with van der Waals surface area (Å²) >= 11 is 0. The van der Waals surface area contributed by atoms with Crippen LogP contribution in [0.2, 0.25) is 0 Å². The van der Waals surface area contributed by atoms with Crippen LogP contribution in [0.4, 0.5) is 0 Å². The second-order valence-corrected chi connectivity index (χ2v) is 10.9. The van der Waals surface area contributed by atoms with E-state index < -0.39 is 0 Å². The molecular weight excluding hydrogens is 524 g/mol. The number of rotatable bonds is 5. The van der Waals surface area contributed by atoms with E-state index in [9.17, 15) is 0 Å². The molecule has 0 saturated heterocycles. The zero-order valence-electron chi connectivity index (χ0n) is 23.6. The minimum absolute atomic E-state index is 0.746. The molecule has 5 aromatic carbocycles. The van der Waals surface area contributed by atoms with Gasteiger partial charge >= 0.3 is 0 Å². The minimum Gasteiger partial charge on any atom is -0.455 e. The number of aromatic nitrogens is 2. The van der Waals surface area contributed by atoms with Crippen LogP contribution in [0.5, 0.6) is 0 Å². The Hall–Kier alpha value is -5.54. The van der Waals surface area contributed by atoms with Crippen molar-refractivity contribution in [2.75, 3.05) is 0 Å². The Balaban J connectivity index is 1.32. The Morgan fingerprint density at radius 3 is 2.05 bits per heavy atom. The van der Waals surface area contributed by atoms with Gasteiger partial charge in [0, 0.05) is 33.0 Å². The van der Waals surface area contributed by atoms with E-state index in [1.54, 1.807) is 0 Å². The largest absolute Gasteiger partial charge is 0.455 e. The van der Waals surface area contributed by atoms with Gasteiger partial charge in [0.15, 0.2) is 5.82 Å². The number of hydrogen-bond acceptors (Lipinski definition) is 3. The van der Waals surface area contributed by atoms with Crippen molar-refractivity contribution in [2.24, 2.45) is 0 Å². The van der Waals surface area contributed by atoms with Crippen molar-refractivity contribution in [3.05, 3.63) is 151 Å². The highest BCUT2D eigenvalue weighted by atomic mass is 16.3. The van der Waals surface area contributed by atoms with E-state index in [1.807, 2.05) is 12.1 Å². The maximum absolute atomic E-state index is 6.64. The molecule has 0 N–H and O–H groups in total. The number of allylic oxidation sites excluding steroid dienone is 4. The molecule has 8 rings (SSSR count). The molecule has 0 aliphatic heterocycles. The third kappa shape index (κ3) is 4.65. The lowest BCUT2D eigenvalue weighted by Crippen LogP contribution is -1.99. The molecule has 0 atom stereocenters. The minimum atomic E-state index is 0.746. The summed E-state index contributed by atoms with van der Waals surface area (Å²) in [6.07, 6.45) is 8.62. The summed E-state index contributed by atoms with van der Waals surface area (Å²) in [5.74, 6) is 0.746. The fourth-order valence-corrected chi connectivity index (χ4v) is 6.04. The monoisotopic (exact) mass is 552 g/mol. The van der Waals surface area contributed by atoms with E-state index >= 15 is 0 Å². The van der Waals surface area contributed by atoms with Crippen LogP contribution in [0.25, 0.3) is 72.3 Å². The van der Waals surface area contributed by atoms with Gasteiger partial charge in [-0.15, -0.1) is 0 Å². The van der Waals surface area contributed by atoms with Crippen molar-refractivity contribution in [2.45, 2.75) is 12.8 Å². The zero-order chi connectivity index (χ0) is 28.6. The summed E-state index contributed by atoms with van der Waals surface area (Å²) in [5, 5.41) is 2.14. The van der Waals surface area contributed by atoms with E-state index in [1.165, 1.54) is 11.1 Å². The molecule has 7 aromatic rings. The first-order chi connectivity index (χ1) is 21.3. The molecule has 0 fully saturated rings. The summed E-state index contributed by atoms with van der Waals surface area (Å²) in [6.45, 7) is 0. The number of nitrogens with zero attached hydrogens (tertiary/aromatic N) is 2. The van der Waals surface area contributed by atoms with Crippen molar-refractivity contribution in [3.63, 3.8) is 0 Å². The lowest BCUT2D eigenvalue weighted by atomic mass is 9.96. The van der Waals surface area contributed by atoms with Crippen molar-refractivity contribution in [1.29, 1.82) is 0 Å². The Morgan fingerprint density at radius 1 is 0.535 bits per heavy atom. The van der Waals surface area contributed by atoms with Gasteiger partial charge in [-0.2, -0.15) is 0 Å². The van der Waals surface area contributed by atoms with Crippen LogP contribution in [0.15, 0.2) is 150 Å². The van der Waals surface area contributed by atoms with Crippen LogP contribution in [0, 0.1) is 0 Å². The molecule has 0 spiro atoms. The van der Waals surface area contributed by atoms with Crippen molar-refractivity contribution >= 4 is 27.5 Å². The first-order valence-electron chi connectivity index (χ1n) is 14.7. The second-order valence-electron chi connectivity index (χ2n) is 10.9. The van der Waals surface area contributed by atoms with E-state index in [0.29, 0.717) is 0 Å². The summed E-state index contributed by atoms with van der Waals surface area (Å²) in [5.41, 5.74) is 11.3. The van der Waals surface area contributed by atoms with E-state index in [2.05, 4.69) is 133 Å². The first kappa shape index (κ1) is 25.2. The number of fused-ring (bicyclic) bond motifs is 3. The zero-order valence-corrected chi connectivity index (χ0v) is 23.6. The molecule has 1 aliphatic rings. The van der Waals surface area contributed by atoms with Crippen molar-refractivity contribution in [1.82, 2.24) is 9.97 Å². The van der Waals surface area contributed by atoms with Gasteiger partial charge in [0.1, 0.15) is 11.2 Å². The standard InChI is InChI=1S/C40H28N2O/c1-4-13-27(14-5-1)30-19-10-20-31(25-30)32-21-11-23-34-38-33(22-12-24-37(38)43-39(32)34)36-26-35(28-15-6-2-7-16-28)41-40(42-36)29-17-8-3-9-18-29/h1-2,4-8,10-26H,3,9H2. The molecule has 204 valence electrons. The maximum atomic E-state index is 6.64. The number of benzene rings is 5. The number of furan rings is 1. The Bertz CT molecular complexity index is 2170. The Labute approximate surface area is 250 Å². The Morgan fingerprint density at radius 2 is 1.23 bits per heavy atom. The smallest absolute Gasteiger partial charge is 0.160 e. The van der Waals surface area contributed by atoms with Crippen LogP contribution in [0.1, 0.15) is 18.7 Å². The van der Waals surface area contributed by atoms with Gasteiger partial charge in [-0.3, -0.25) is 0 Å². The lowest BCUT2D eigenvalue weighted by molar-refractivity contribution is 0.670. The van der Waals surface area contributed by atoms with Gasteiger partial charge in [-0.1, -0.05) is 127 Å². The molecule has 0 bridgehead atoms. The predicted molar refractivity (Wildman–Crippen MR) is 177 cm³/mol. The molecule has 3 nitrogen and oxygen atoms in total. The summed E-state index contributed by atoms with van der Waals surface area (Å²) < 4.78 is 6.64. The molecular formula is C40H28N2O. The normalized spacial score (nSPS) is 13.0. The van der Waals surface area contributed by atoms with Gasteiger partial charge in [-0.05, 0) is 47.7 Å². The fourth-order valence-electron chi connectivity index (χ4n) is 6.04. The summed E-state index contributed by atoms with van der Waals surface area (Å²) in [6, 6.07) is 44.3. The van der Waals surface area contributed by atoms with Crippen LogP contribution in [-0.2, 0) is 0 Å². The van der Waals surface area contributed by atoms with Crippen LogP contribution < -0.4 is 0 Å². The maximum Gasteiger partial charge on any atom is 0.160 e. The molecule has 2 heterocycles. The van der Waals surface area contributed by atoms with Gasteiger partial charge in [-0.25, -0.2) is 9.97 Å². The Kier molecular flexibility index (Phi) is 6.27. The summed E-state index contributed by atoms with van der Waals surface area (Å²) in [7, 11) is 0. The second kappa shape index (κ2) is 10.7. The van der Waals surface area contributed by atoms with Gasteiger partial charge < -0.3 is 4.42 Å². The average molecular weight is 553 g/mol. The van der Waals surface area contributed by atoms with Crippen LogP contribution >= 0.6 is 0 Å². The molecule has 0 radical (unpaired) electrons. The molecule has 3 heteroatoms. The number of para-hydroxylation sites is 1. The first-order valence-corrected chi connectivity index (χ1v) is 14.7. The molecule has 43 heavy (non-hydrogen) atoms. The highest BCUT2D eigenvalue weighted by molar-refractivity contribution is 6.15. The third-order valence-corrected chi connectivity index (χ3v) is 8.13. The topological polar surface area (TPSA) is 38.9 Å². The molecule has 0 saturated carbocycles. The average Bonchev–Trinajstić information content (AvgIpc) is 3.49. The number of hydrogen-bond donors (Lipinski definition) is 0. The molecule has 1 aliphatic carbocycles. The lowest BCUT2D eigenvalue weighted by Gasteiger charge is -2.12. The van der Waals surface area contributed by atoms with E-state index in [4.69, 9.17) is 14.4 Å². The fraction of sp³-hybridized carbons (Fsp3) is 0.0500. The molecule has 0 unspecified atom stereocenters. The van der Waals surface area contributed by atoms with E-state index in [-0.39, 0.29) is 0 Å². The summed E-state index contributed by atoms with van der Waals surface area (Å²) in [4.78, 5) is 10.2. The van der Waals surface area contributed by atoms with Crippen LogP contribution in [0.3, 0.4) is 0 Å². The van der Waals surface area contributed by atoms with Gasteiger partial charge in [0.25, 0.3) is 0 Å². The third-order valence-electron chi connectivity index (χ3n) is 8.13. The molecule has 0 amide bonds. The van der Waals surface area contributed by atoms with E-state index in [0.717, 1.165) is 79.8 Å². The van der Waals surface area contributed by atoms with Crippen molar-refractivity contribution in [3.8, 4) is 44.8 Å². The SMILES string of the molecule is C1=CC(c2nc(-c3ccccc3)cc(-c3cccc4oc5c(-c6cccc(-c7ccccc7)c6)cccc5c34)n2)=CCC1. The van der Waals surface area contributed by atoms with Gasteiger partial charge in [0.05, 0.1) is 11.4 Å². The van der Waals surface area contributed by atoms with Crippen molar-refractivity contribution < 1.29 is 4.42 Å². The van der Waals surface area contributed by atoms with Crippen LogP contribution in [-0.4, -0.2) is 9.97 Å². The quantitative estimate of drug-likeness (QED) is 0.213. The predicted octanol–water partition coefficient (Wildman–Crippen LogP) is 10.8. The highest BCUT2D eigenvalue weighted by Crippen LogP contribution is 2.41.